The van der Waals surface area contributed by atoms with Crippen molar-refractivity contribution in [2.75, 3.05) is 0 Å². The Balaban J connectivity index is 2.19. The number of hydrogen-bond acceptors (Lipinski definition) is 7. The van der Waals surface area contributed by atoms with Crippen LogP contribution in [0.3, 0.4) is 0 Å². The molecule has 0 aliphatic rings. The van der Waals surface area contributed by atoms with Crippen molar-refractivity contribution in [1.29, 1.82) is 0 Å². The third kappa shape index (κ3) is 9.64. The molecule has 0 spiro atoms. The van der Waals surface area contributed by atoms with Gasteiger partial charge < -0.3 is 37.6 Å². The van der Waals surface area contributed by atoms with Crippen LogP contribution >= 0.6 is 0 Å². The van der Waals surface area contributed by atoms with Crippen LogP contribution in [-0.4, -0.2) is 70.1 Å². The number of hydrogen-bond donors (Lipinski definition) is 7. The molecule has 0 aliphatic heterocycles. The van der Waals surface area contributed by atoms with Gasteiger partial charge in [-0.2, -0.15) is 0 Å². The van der Waals surface area contributed by atoms with E-state index >= 15 is 0 Å². The van der Waals surface area contributed by atoms with E-state index in [2.05, 4.69) is 16.0 Å². The van der Waals surface area contributed by atoms with Crippen molar-refractivity contribution in [1.82, 2.24) is 16.0 Å². The second-order valence-electron chi connectivity index (χ2n) is 8.84. The maximum Gasteiger partial charge on any atom is 0.326 e. The summed E-state index contributed by atoms with van der Waals surface area (Å²) in [5.74, 6) is -4.94. The summed E-state index contributed by atoms with van der Waals surface area (Å²) in [5.41, 5.74) is 12.6. The van der Waals surface area contributed by atoms with Crippen molar-refractivity contribution in [2.45, 2.75) is 56.5 Å². The third-order valence-corrected chi connectivity index (χ3v) is 5.63. The van der Waals surface area contributed by atoms with E-state index in [1.807, 2.05) is 30.3 Å². The van der Waals surface area contributed by atoms with Crippen LogP contribution in [0.4, 0.5) is 0 Å². The van der Waals surface area contributed by atoms with Crippen LogP contribution in [0.25, 0.3) is 0 Å². The Bertz CT molecular complexity index is 1110. The number of aliphatic hydroxyl groups is 1. The van der Waals surface area contributed by atoms with Gasteiger partial charge in [-0.25, -0.2) is 4.79 Å². The lowest BCUT2D eigenvalue weighted by Crippen LogP contribution is -2.60. The van der Waals surface area contributed by atoms with Crippen LogP contribution < -0.4 is 27.4 Å². The maximum absolute atomic E-state index is 13.2. The van der Waals surface area contributed by atoms with Crippen LogP contribution in [0.2, 0.25) is 0 Å². The fourth-order valence-corrected chi connectivity index (χ4v) is 3.62. The van der Waals surface area contributed by atoms with Crippen molar-refractivity contribution in [3.8, 4) is 0 Å². The number of nitrogens with one attached hydrogen (secondary N) is 3. The number of benzene rings is 2. The van der Waals surface area contributed by atoms with Crippen molar-refractivity contribution in [3.05, 3.63) is 71.8 Å². The molecule has 2 aromatic rings. The van der Waals surface area contributed by atoms with E-state index in [1.165, 1.54) is 6.92 Å². The molecule has 0 fully saturated rings. The van der Waals surface area contributed by atoms with Gasteiger partial charge in [-0.05, 0) is 24.5 Å². The fraction of sp³-hybridized carbons (Fsp3) is 0.346. The highest BCUT2D eigenvalue weighted by atomic mass is 16.4. The van der Waals surface area contributed by atoms with Crippen LogP contribution in [0.5, 0.6) is 0 Å². The first-order valence-electron chi connectivity index (χ1n) is 11.9. The number of aliphatic hydroxyl groups excluding tert-OH is 1. The molecule has 0 bridgehead atoms. The quantitative estimate of drug-likeness (QED) is 0.155. The van der Waals surface area contributed by atoms with E-state index in [-0.39, 0.29) is 12.8 Å². The number of nitrogens with two attached hydrogens (primary N) is 2. The van der Waals surface area contributed by atoms with Crippen LogP contribution in [0, 0.1) is 0 Å². The minimum Gasteiger partial charge on any atom is -0.480 e. The first-order chi connectivity index (χ1) is 18.0. The standard InChI is InChI=1S/C26H33N5O7/c1-15(32)22(25(36)30-20(26(37)38)14-21(28)33)31-24(35)19(13-17-10-6-3-7-11-17)29-23(34)18(27)12-16-8-4-2-5-9-16/h2-11,15,18-20,22,32H,12-14,27H2,1H3,(H2,28,33)(H,29,34)(H,30,36)(H,31,35)(H,37,38). The predicted molar refractivity (Wildman–Crippen MR) is 137 cm³/mol. The summed E-state index contributed by atoms with van der Waals surface area (Å²) in [7, 11) is 0. The minimum absolute atomic E-state index is 0.0457. The van der Waals surface area contributed by atoms with Gasteiger partial charge in [0.2, 0.25) is 23.6 Å². The zero-order valence-corrected chi connectivity index (χ0v) is 20.9. The molecule has 204 valence electrons. The summed E-state index contributed by atoms with van der Waals surface area (Å²) >= 11 is 0. The van der Waals surface area contributed by atoms with Gasteiger partial charge in [0.1, 0.15) is 18.1 Å². The molecular formula is C26H33N5O7. The van der Waals surface area contributed by atoms with E-state index in [1.54, 1.807) is 30.3 Å². The van der Waals surface area contributed by atoms with Crippen molar-refractivity contribution < 1.29 is 34.2 Å². The summed E-state index contributed by atoms with van der Waals surface area (Å²) in [6.45, 7) is 1.22. The number of rotatable bonds is 14. The zero-order chi connectivity index (χ0) is 28.2. The molecule has 5 atom stereocenters. The fourth-order valence-electron chi connectivity index (χ4n) is 3.62. The number of carbonyl (C=O) groups excluding carboxylic acids is 4. The van der Waals surface area contributed by atoms with Gasteiger partial charge in [0.15, 0.2) is 0 Å². The molecule has 4 amide bonds. The van der Waals surface area contributed by atoms with Gasteiger partial charge in [-0.1, -0.05) is 60.7 Å². The molecule has 0 saturated carbocycles. The molecule has 2 rings (SSSR count). The molecule has 0 aromatic heterocycles. The lowest BCUT2D eigenvalue weighted by molar-refractivity contribution is -0.144. The minimum atomic E-state index is -1.66. The molecule has 0 heterocycles. The molecule has 5 unspecified atom stereocenters. The Kier molecular flexibility index (Phi) is 11.4. The Labute approximate surface area is 219 Å². The van der Waals surface area contributed by atoms with Crippen LogP contribution in [-0.2, 0) is 36.8 Å². The van der Waals surface area contributed by atoms with E-state index in [9.17, 15) is 34.2 Å². The van der Waals surface area contributed by atoms with Gasteiger partial charge in [0, 0.05) is 6.42 Å². The van der Waals surface area contributed by atoms with Crippen LogP contribution in [0.15, 0.2) is 60.7 Å². The Morgan fingerprint density at radius 3 is 1.74 bits per heavy atom. The molecule has 12 nitrogen and oxygen atoms in total. The molecule has 0 saturated heterocycles. The summed E-state index contributed by atoms with van der Waals surface area (Å²) in [6.07, 6.45) is -1.87. The van der Waals surface area contributed by atoms with Crippen molar-refractivity contribution >= 4 is 29.6 Å². The first kappa shape index (κ1) is 29.9. The van der Waals surface area contributed by atoms with E-state index in [0.29, 0.717) is 5.56 Å². The molecule has 9 N–H and O–H groups in total. The van der Waals surface area contributed by atoms with Crippen molar-refractivity contribution in [3.63, 3.8) is 0 Å². The molecular weight excluding hydrogens is 494 g/mol. The molecule has 38 heavy (non-hydrogen) atoms. The topological polar surface area (TPSA) is 214 Å². The summed E-state index contributed by atoms with van der Waals surface area (Å²) in [5, 5.41) is 26.5. The SMILES string of the molecule is CC(O)C(NC(=O)C(Cc1ccccc1)NC(=O)C(N)Cc1ccccc1)C(=O)NC(CC(N)=O)C(=O)O. The van der Waals surface area contributed by atoms with Gasteiger partial charge in [-0.15, -0.1) is 0 Å². The summed E-state index contributed by atoms with van der Waals surface area (Å²) in [4.78, 5) is 61.4. The first-order valence-corrected chi connectivity index (χ1v) is 11.9. The van der Waals surface area contributed by atoms with E-state index in [4.69, 9.17) is 11.5 Å². The lowest BCUT2D eigenvalue weighted by atomic mass is 10.0. The number of aliphatic carboxylic acids is 1. The lowest BCUT2D eigenvalue weighted by Gasteiger charge is -2.26. The molecule has 0 radical (unpaired) electrons. The maximum atomic E-state index is 13.2. The highest BCUT2D eigenvalue weighted by molar-refractivity contribution is 5.95. The van der Waals surface area contributed by atoms with E-state index < -0.39 is 66.3 Å². The number of amides is 4. The summed E-state index contributed by atoms with van der Waals surface area (Å²) in [6, 6.07) is 12.5. The highest BCUT2D eigenvalue weighted by Gasteiger charge is 2.33. The third-order valence-electron chi connectivity index (χ3n) is 5.63. The molecule has 2 aromatic carbocycles. The average molecular weight is 528 g/mol. The second kappa shape index (κ2) is 14.4. The number of carbonyl (C=O) groups is 5. The molecule has 12 heteroatoms. The van der Waals surface area contributed by atoms with Gasteiger partial charge in [-0.3, -0.25) is 19.2 Å². The van der Waals surface area contributed by atoms with E-state index in [0.717, 1.165) is 5.56 Å². The van der Waals surface area contributed by atoms with Gasteiger partial charge in [0.25, 0.3) is 0 Å². The largest absolute Gasteiger partial charge is 0.480 e. The normalized spacial score (nSPS) is 14.7. The number of carboxylic acids is 1. The highest BCUT2D eigenvalue weighted by Crippen LogP contribution is 2.07. The van der Waals surface area contributed by atoms with Gasteiger partial charge in [0.05, 0.1) is 18.6 Å². The number of carboxylic acid groups (broad SMARTS) is 1. The van der Waals surface area contributed by atoms with Gasteiger partial charge >= 0.3 is 5.97 Å². The Hall–Kier alpha value is -4.29. The second-order valence-corrected chi connectivity index (χ2v) is 8.84. The predicted octanol–water partition coefficient (Wildman–Crippen LogP) is -1.41. The molecule has 0 aliphatic carbocycles. The Morgan fingerprint density at radius 1 is 0.763 bits per heavy atom. The van der Waals surface area contributed by atoms with Crippen molar-refractivity contribution in [2.24, 2.45) is 11.5 Å². The monoisotopic (exact) mass is 527 g/mol. The number of primary amides is 1. The average Bonchev–Trinajstić information content (AvgIpc) is 2.86. The zero-order valence-electron chi connectivity index (χ0n) is 20.9. The Morgan fingerprint density at radius 2 is 1.26 bits per heavy atom. The summed E-state index contributed by atoms with van der Waals surface area (Å²) < 4.78 is 0. The van der Waals surface area contributed by atoms with Crippen LogP contribution in [0.1, 0.15) is 24.5 Å². The smallest absolute Gasteiger partial charge is 0.326 e.